The molecule has 5 heteroatoms. The van der Waals surface area contributed by atoms with Gasteiger partial charge in [0, 0.05) is 15.8 Å². The average molecular weight is 228 g/mol. The van der Waals surface area contributed by atoms with E-state index in [1.165, 1.54) is 11.3 Å². The van der Waals surface area contributed by atoms with Gasteiger partial charge in [-0.05, 0) is 18.2 Å². The zero-order valence-corrected chi connectivity index (χ0v) is 8.52. The van der Waals surface area contributed by atoms with Crippen LogP contribution in [0, 0.1) is 0 Å². The van der Waals surface area contributed by atoms with Crippen LogP contribution in [0.1, 0.15) is 10.4 Å². The van der Waals surface area contributed by atoms with E-state index in [2.05, 4.69) is 0 Å². The highest BCUT2D eigenvalue weighted by Crippen LogP contribution is 2.33. The Bertz CT molecular complexity index is 521. The van der Waals surface area contributed by atoms with E-state index < -0.39 is 5.97 Å². The largest absolute Gasteiger partial charge is 0.478 e. The smallest absolute Gasteiger partial charge is 0.338 e. The van der Waals surface area contributed by atoms with Crippen LogP contribution in [-0.4, -0.2) is 11.1 Å². The Hall–Kier alpha value is -1.26. The van der Waals surface area contributed by atoms with Gasteiger partial charge >= 0.3 is 5.97 Å². The minimum Gasteiger partial charge on any atom is -0.478 e. The zero-order valence-electron chi connectivity index (χ0n) is 6.95. The van der Waals surface area contributed by atoms with Crippen molar-refractivity contribution >= 4 is 44.7 Å². The van der Waals surface area contributed by atoms with Crippen molar-refractivity contribution in [1.82, 2.24) is 0 Å². The third-order valence-electron chi connectivity index (χ3n) is 1.92. The summed E-state index contributed by atoms with van der Waals surface area (Å²) in [5.41, 5.74) is 5.97. The number of nitrogen functional groups attached to an aromatic ring is 1. The number of hydrogen-bond donors (Lipinski definition) is 2. The first kappa shape index (κ1) is 9.30. The molecule has 72 valence electrons. The second-order valence-corrected chi connectivity index (χ2v) is 4.51. The van der Waals surface area contributed by atoms with Crippen LogP contribution in [0.4, 0.5) is 5.69 Å². The van der Waals surface area contributed by atoms with Crippen LogP contribution in [0.2, 0.25) is 4.34 Å². The van der Waals surface area contributed by atoms with Crippen molar-refractivity contribution in [3.05, 3.63) is 28.1 Å². The van der Waals surface area contributed by atoms with Crippen molar-refractivity contribution in [2.75, 3.05) is 5.73 Å². The predicted octanol–water partition coefficient (Wildman–Crippen LogP) is 2.84. The summed E-state index contributed by atoms with van der Waals surface area (Å²) in [7, 11) is 0. The molecule has 2 rings (SSSR count). The Morgan fingerprint density at radius 3 is 2.86 bits per heavy atom. The fourth-order valence-electron chi connectivity index (χ4n) is 1.34. The van der Waals surface area contributed by atoms with E-state index >= 15 is 0 Å². The van der Waals surface area contributed by atoms with E-state index in [0.717, 1.165) is 4.70 Å². The Balaban J connectivity index is 2.88. The summed E-state index contributed by atoms with van der Waals surface area (Å²) in [5.74, 6) is -1.03. The molecule has 1 aromatic carbocycles. The lowest BCUT2D eigenvalue weighted by Gasteiger charge is -2.00. The van der Waals surface area contributed by atoms with Gasteiger partial charge in [0.1, 0.15) is 0 Å². The molecule has 0 saturated heterocycles. The molecule has 1 aromatic heterocycles. The molecule has 0 atom stereocenters. The molecule has 0 bridgehead atoms. The first-order valence-electron chi connectivity index (χ1n) is 3.80. The number of hydrogen-bond acceptors (Lipinski definition) is 3. The normalized spacial score (nSPS) is 10.6. The lowest BCUT2D eigenvalue weighted by molar-refractivity contribution is 0.0700. The second-order valence-electron chi connectivity index (χ2n) is 2.80. The highest BCUT2D eigenvalue weighted by Gasteiger charge is 2.14. The summed E-state index contributed by atoms with van der Waals surface area (Å²) in [5, 5.41) is 9.56. The molecule has 3 nitrogen and oxygen atoms in total. The molecule has 1 heterocycles. The molecular formula is C9H6ClNO2S. The van der Waals surface area contributed by atoms with Crippen LogP contribution in [0.3, 0.4) is 0 Å². The summed E-state index contributed by atoms with van der Waals surface area (Å²) in [6.45, 7) is 0. The molecule has 3 N–H and O–H groups in total. The van der Waals surface area contributed by atoms with E-state index in [1.807, 2.05) is 0 Å². The van der Waals surface area contributed by atoms with Crippen molar-refractivity contribution < 1.29 is 9.90 Å². The molecular weight excluding hydrogens is 222 g/mol. The summed E-state index contributed by atoms with van der Waals surface area (Å²) in [6, 6.07) is 4.98. The van der Waals surface area contributed by atoms with Crippen LogP contribution in [0.5, 0.6) is 0 Å². The second kappa shape index (κ2) is 3.15. The number of aromatic carboxylic acids is 1. The van der Waals surface area contributed by atoms with Gasteiger partial charge in [-0.2, -0.15) is 0 Å². The van der Waals surface area contributed by atoms with E-state index in [0.29, 0.717) is 9.72 Å². The Kier molecular flexibility index (Phi) is 2.09. The molecule has 0 fully saturated rings. The van der Waals surface area contributed by atoms with Crippen molar-refractivity contribution in [2.45, 2.75) is 0 Å². The molecule has 0 amide bonds. The number of carbonyl (C=O) groups is 1. The van der Waals surface area contributed by atoms with Gasteiger partial charge in [0.15, 0.2) is 0 Å². The molecule has 2 aromatic rings. The van der Waals surface area contributed by atoms with Gasteiger partial charge < -0.3 is 10.8 Å². The number of fused-ring (bicyclic) bond motifs is 1. The van der Waals surface area contributed by atoms with Crippen molar-refractivity contribution in [3.8, 4) is 0 Å². The number of rotatable bonds is 1. The third-order valence-corrected chi connectivity index (χ3v) is 3.15. The quantitative estimate of drug-likeness (QED) is 0.737. The number of nitrogens with two attached hydrogens (primary N) is 1. The molecule has 0 aliphatic rings. The molecule has 0 aliphatic heterocycles. The zero-order chi connectivity index (χ0) is 10.3. The topological polar surface area (TPSA) is 63.3 Å². The number of carboxylic acid groups (broad SMARTS) is 1. The molecule has 0 unspecified atom stereocenters. The lowest BCUT2D eigenvalue weighted by atomic mass is 10.1. The molecule has 14 heavy (non-hydrogen) atoms. The van der Waals surface area contributed by atoms with E-state index in [1.54, 1.807) is 18.2 Å². The van der Waals surface area contributed by atoms with Gasteiger partial charge in [-0.25, -0.2) is 4.79 Å². The first-order valence-corrected chi connectivity index (χ1v) is 5.00. The lowest BCUT2D eigenvalue weighted by Crippen LogP contribution is -2.02. The minimum atomic E-state index is -1.03. The number of halogens is 1. The van der Waals surface area contributed by atoms with E-state index in [9.17, 15) is 4.79 Å². The Labute approximate surface area is 88.7 Å². The van der Waals surface area contributed by atoms with Gasteiger partial charge in [-0.3, -0.25) is 0 Å². The van der Waals surface area contributed by atoms with Crippen LogP contribution < -0.4 is 5.73 Å². The minimum absolute atomic E-state index is 0.130. The number of anilines is 1. The fraction of sp³-hybridized carbons (Fsp3) is 0. The van der Waals surface area contributed by atoms with Gasteiger partial charge in [0.25, 0.3) is 0 Å². The summed E-state index contributed by atoms with van der Waals surface area (Å²) in [6.07, 6.45) is 0. The molecule has 0 spiro atoms. The summed E-state index contributed by atoms with van der Waals surface area (Å²) < 4.78 is 1.40. The van der Waals surface area contributed by atoms with Crippen LogP contribution >= 0.6 is 22.9 Å². The van der Waals surface area contributed by atoms with Crippen LogP contribution in [0.15, 0.2) is 18.2 Å². The maximum atomic E-state index is 10.9. The van der Waals surface area contributed by atoms with Gasteiger partial charge in [-0.1, -0.05) is 11.6 Å². The van der Waals surface area contributed by atoms with E-state index in [4.69, 9.17) is 22.4 Å². The first-order chi connectivity index (χ1) is 6.59. The van der Waals surface area contributed by atoms with Crippen LogP contribution in [-0.2, 0) is 0 Å². The van der Waals surface area contributed by atoms with Gasteiger partial charge in [0.2, 0.25) is 0 Å². The number of thiophene rings is 1. The molecule has 0 aliphatic carbocycles. The van der Waals surface area contributed by atoms with Crippen molar-refractivity contribution in [2.24, 2.45) is 0 Å². The van der Waals surface area contributed by atoms with Crippen molar-refractivity contribution in [3.63, 3.8) is 0 Å². The van der Waals surface area contributed by atoms with E-state index in [-0.39, 0.29) is 11.3 Å². The molecule has 0 radical (unpaired) electrons. The Morgan fingerprint density at radius 1 is 1.50 bits per heavy atom. The Morgan fingerprint density at radius 2 is 2.21 bits per heavy atom. The summed E-state index contributed by atoms with van der Waals surface area (Å²) >= 11 is 7.14. The molecule has 0 saturated carbocycles. The highest BCUT2D eigenvalue weighted by molar-refractivity contribution is 7.22. The maximum absolute atomic E-state index is 10.9. The highest BCUT2D eigenvalue weighted by atomic mass is 35.5. The summed E-state index contributed by atoms with van der Waals surface area (Å²) in [4.78, 5) is 10.9. The SMILES string of the molecule is Nc1ccc2sc(Cl)cc2c1C(=O)O. The number of benzene rings is 1. The monoisotopic (exact) mass is 227 g/mol. The predicted molar refractivity (Wildman–Crippen MR) is 58.2 cm³/mol. The van der Waals surface area contributed by atoms with Crippen molar-refractivity contribution in [1.29, 1.82) is 0 Å². The fourth-order valence-corrected chi connectivity index (χ4v) is 2.49. The average Bonchev–Trinajstić information content (AvgIpc) is 2.43. The standard InChI is InChI=1S/C9H6ClNO2S/c10-7-3-4-6(14-7)2-1-5(11)8(4)9(12)13/h1-3H,11H2,(H,12,13). The number of carboxylic acids is 1. The van der Waals surface area contributed by atoms with Crippen LogP contribution in [0.25, 0.3) is 10.1 Å². The van der Waals surface area contributed by atoms with Gasteiger partial charge in [0.05, 0.1) is 9.90 Å². The maximum Gasteiger partial charge on any atom is 0.338 e. The van der Waals surface area contributed by atoms with Gasteiger partial charge in [-0.15, -0.1) is 11.3 Å². The third kappa shape index (κ3) is 1.32.